The van der Waals surface area contributed by atoms with E-state index in [1.807, 2.05) is 7.05 Å². The molecule has 3 rings (SSSR count). The van der Waals surface area contributed by atoms with Crippen molar-refractivity contribution in [2.75, 3.05) is 58.0 Å². The Morgan fingerprint density at radius 2 is 2.04 bits per heavy atom. The first-order chi connectivity index (χ1) is 13.3. The molecule has 6 heteroatoms. The Morgan fingerprint density at radius 3 is 2.81 bits per heavy atom. The van der Waals surface area contributed by atoms with Crippen molar-refractivity contribution >= 4 is 11.6 Å². The zero-order chi connectivity index (χ0) is 18.7. The number of hydrogen-bond donors (Lipinski definition) is 2. The summed E-state index contributed by atoms with van der Waals surface area (Å²) in [4.78, 5) is 6.79. The van der Waals surface area contributed by atoms with Gasteiger partial charge >= 0.3 is 0 Å². The van der Waals surface area contributed by atoms with Crippen molar-refractivity contribution in [3.63, 3.8) is 0 Å². The Kier molecular flexibility index (Phi) is 8.24. The van der Waals surface area contributed by atoms with Crippen LogP contribution in [0.5, 0.6) is 0 Å². The maximum atomic E-state index is 5.82. The van der Waals surface area contributed by atoms with E-state index in [9.17, 15) is 0 Å². The van der Waals surface area contributed by atoms with Crippen molar-refractivity contribution in [1.29, 1.82) is 0 Å². The van der Waals surface area contributed by atoms with E-state index in [-0.39, 0.29) is 0 Å². The van der Waals surface area contributed by atoms with Crippen molar-refractivity contribution in [2.24, 2.45) is 10.9 Å². The predicted molar refractivity (Wildman–Crippen MR) is 111 cm³/mol. The smallest absolute Gasteiger partial charge is 0.191 e. The molecule has 27 heavy (non-hydrogen) atoms. The van der Waals surface area contributed by atoms with Crippen LogP contribution < -0.4 is 15.5 Å². The van der Waals surface area contributed by atoms with E-state index in [2.05, 4.69) is 50.9 Å². The molecule has 0 aliphatic carbocycles. The van der Waals surface area contributed by atoms with Gasteiger partial charge < -0.3 is 25.0 Å². The van der Waals surface area contributed by atoms with Crippen LogP contribution in [0.2, 0.25) is 0 Å². The Bertz CT molecular complexity index is 561. The molecule has 0 spiro atoms. The fourth-order valence-electron chi connectivity index (χ4n) is 3.68. The number of para-hydroxylation sites is 1. The number of hydrogen-bond acceptors (Lipinski definition) is 4. The summed E-state index contributed by atoms with van der Waals surface area (Å²) in [5.41, 5.74) is 1.30. The molecule has 1 aromatic carbocycles. The fourth-order valence-corrected chi connectivity index (χ4v) is 3.68. The molecule has 2 heterocycles. The second-order valence-corrected chi connectivity index (χ2v) is 7.39. The monoisotopic (exact) mass is 374 g/mol. The summed E-state index contributed by atoms with van der Waals surface area (Å²) in [7, 11) is 1.83. The third-order valence-electron chi connectivity index (χ3n) is 5.33. The number of rotatable bonds is 8. The molecule has 6 nitrogen and oxygen atoms in total. The van der Waals surface area contributed by atoms with E-state index in [0.29, 0.717) is 12.0 Å². The van der Waals surface area contributed by atoms with E-state index >= 15 is 0 Å². The third kappa shape index (κ3) is 6.70. The Labute approximate surface area is 163 Å². The van der Waals surface area contributed by atoms with E-state index in [1.54, 1.807) is 0 Å². The summed E-state index contributed by atoms with van der Waals surface area (Å²) in [5, 5.41) is 6.96. The highest BCUT2D eigenvalue weighted by Gasteiger charge is 2.23. The summed E-state index contributed by atoms with van der Waals surface area (Å²) >= 11 is 0. The molecule has 2 aliphatic heterocycles. The lowest BCUT2D eigenvalue weighted by molar-refractivity contribution is 0.0203. The first-order valence-electron chi connectivity index (χ1n) is 10.3. The molecule has 150 valence electrons. The van der Waals surface area contributed by atoms with Crippen LogP contribution >= 0.6 is 0 Å². The number of ether oxygens (including phenoxy) is 2. The molecule has 0 bridgehead atoms. The average Bonchev–Trinajstić information content (AvgIpc) is 3.19. The van der Waals surface area contributed by atoms with Crippen molar-refractivity contribution in [3.8, 4) is 0 Å². The van der Waals surface area contributed by atoms with Crippen molar-refractivity contribution < 1.29 is 9.47 Å². The van der Waals surface area contributed by atoms with Crippen LogP contribution in [0.25, 0.3) is 0 Å². The number of benzene rings is 1. The first kappa shape index (κ1) is 20.0. The molecule has 2 fully saturated rings. The van der Waals surface area contributed by atoms with Crippen LogP contribution in [0.3, 0.4) is 0 Å². The van der Waals surface area contributed by atoms with Crippen LogP contribution in [-0.2, 0) is 9.47 Å². The van der Waals surface area contributed by atoms with Gasteiger partial charge in [0, 0.05) is 64.8 Å². The van der Waals surface area contributed by atoms with Gasteiger partial charge in [0.15, 0.2) is 5.96 Å². The lowest BCUT2D eigenvalue weighted by Crippen LogP contribution is -2.45. The maximum Gasteiger partial charge on any atom is 0.191 e. The van der Waals surface area contributed by atoms with Gasteiger partial charge in [-0.2, -0.15) is 0 Å². The summed E-state index contributed by atoms with van der Waals surface area (Å²) in [6, 6.07) is 11.0. The van der Waals surface area contributed by atoms with E-state index in [0.717, 1.165) is 77.7 Å². The van der Waals surface area contributed by atoms with Gasteiger partial charge in [-0.15, -0.1) is 0 Å². The van der Waals surface area contributed by atoms with Gasteiger partial charge in [0.2, 0.25) is 0 Å². The minimum atomic E-state index is 0.432. The number of guanidine groups is 1. The fraction of sp³-hybridized carbons (Fsp3) is 0.667. The second kappa shape index (κ2) is 11.1. The van der Waals surface area contributed by atoms with Gasteiger partial charge in [0.1, 0.15) is 0 Å². The number of nitrogens with zero attached hydrogens (tertiary/aromatic N) is 2. The highest BCUT2D eigenvalue weighted by atomic mass is 16.5. The Balaban J connectivity index is 1.27. The minimum absolute atomic E-state index is 0.432. The molecule has 1 aromatic rings. The predicted octanol–water partition coefficient (Wildman–Crippen LogP) is 2.26. The van der Waals surface area contributed by atoms with Crippen LogP contribution in [-0.4, -0.2) is 65.1 Å². The SMILES string of the molecule is CN=C(NCCCOCC1CCOCC1)NC1CCN(c2ccccc2)C1. The quantitative estimate of drug-likeness (QED) is 0.415. The maximum absolute atomic E-state index is 5.82. The van der Waals surface area contributed by atoms with Crippen LogP contribution in [0, 0.1) is 5.92 Å². The second-order valence-electron chi connectivity index (χ2n) is 7.39. The summed E-state index contributed by atoms with van der Waals surface area (Å²) in [5.74, 6) is 1.57. The first-order valence-corrected chi connectivity index (χ1v) is 10.3. The normalized spacial score (nSPS) is 21.4. The molecule has 0 radical (unpaired) electrons. The molecule has 2 N–H and O–H groups in total. The molecule has 2 aliphatic rings. The van der Waals surface area contributed by atoms with Gasteiger partial charge in [-0.25, -0.2) is 0 Å². The largest absolute Gasteiger partial charge is 0.381 e. The van der Waals surface area contributed by atoms with Crippen molar-refractivity contribution in [2.45, 2.75) is 31.7 Å². The van der Waals surface area contributed by atoms with Crippen LogP contribution in [0.1, 0.15) is 25.7 Å². The van der Waals surface area contributed by atoms with E-state index < -0.39 is 0 Å². The number of aliphatic imine (C=N–C) groups is 1. The highest BCUT2D eigenvalue weighted by Crippen LogP contribution is 2.19. The lowest BCUT2D eigenvalue weighted by Gasteiger charge is -2.22. The zero-order valence-corrected chi connectivity index (χ0v) is 16.5. The van der Waals surface area contributed by atoms with Crippen LogP contribution in [0.15, 0.2) is 35.3 Å². The summed E-state index contributed by atoms with van der Waals surface area (Å²) in [6.45, 7) is 6.42. The van der Waals surface area contributed by atoms with Crippen molar-refractivity contribution in [3.05, 3.63) is 30.3 Å². The molecule has 2 saturated heterocycles. The van der Waals surface area contributed by atoms with Gasteiger partial charge in [-0.3, -0.25) is 4.99 Å². The highest BCUT2D eigenvalue weighted by molar-refractivity contribution is 5.80. The molecular formula is C21H34N4O2. The molecule has 1 atom stereocenters. The summed E-state index contributed by atoms with van der Waals surface area (Å²) < 4.78 is 11.2. The van der Waals surface area contributed by atoms with Gasteiger partial charge in [-0.1, -0.05) is 18.2 Å². The minimum Gasteiger partial charge on any atom is -0.381 e. The van der Waals surface area contributed by atoms with Gasteiger partial charge in [0.25, 0.3) is 0 Å². The molecule has 0 saturated carbocycles. The molecule has 0 aromatic heterocycles. The third-order valence-corrected chi connectivity index (χ3v) is 5.33. The lowest BCUT2D eigenvalue weighted by atomic mass is 10.0. The summed E-state index contributed by atoms with van der Waals surface area (Å²) in [6.07, 6.45) is 4.39. The number of anilines is 1. The van der Waals surface area contributed by atoms with E-state index in [1.165, 1.54) is 5.69 Å². The van der Waals surface area contributed by atoms with Crippen molar-refractivity contribution in [1.82, 2.24) is 10.6 Å². The Morgan fingerprint density at radius 1 is 1.22 bits per heavy atom. The number of nitrogens with one attached hydrogen (secondary N) is 2. The standard InChI is InChI=1S/C21H34N4O2/c1-22-21(23-11-5-13-27-17-18-9-14-26-15-10-18)24-19-8-12-25(16-19)20-6-3-2-4-7-20/h2-4,6-7,18-19H,5,8-17H2,1H3,(H2,22,23,24). The molecule has 1 unspecified atom stereocenters. The molecular weight excluding hydrogens is 340 g/mol. The van der Waals surface area contributed by atoms with Gasteiger partial charge in [0.05, 0.1) is 0 Å². The zero-order valence-electron chi connectivity index (χ0n) is 16.5. The Hall–Kier alpha value is -1.79. The van der Waals surface area contributed by atoms with E-state index in [4.69, 9.17) is 9.47 Å². The van der Waals surface area contributed by atoms with Gasteiger partial charge in [-0.05, 0) is 43.7 Å². The van der Waals surface area contributed by atoms with Crippen LogP contribution in [0.4, 0.5) is 5.69 Å². The average molecular weight is 375 g/mol. The molecule has 0 amide bonds. The topological polar surface area (TPSA) is 58.1 Å².